The first-order valence-electron chi connectivity index (χ1n) is 10.4. The van der Waals surface area contributed by atoms with Gasteiger partial charge in [-0.05, 0) is 93.0 Å². The minimum Gasteiger partial charge on any atom is -0.508 e. The Morgan fingerprint density at radius 3 is 2.25 bits per heavy atom. The Morgan fingerprint density at radius 2 is 1.71 bits per heavy atom. The molecule has 5 aliphatic rings. The van der Waals surface area contributed by atoms with Gasteiger partial charge in [0.1, 0.15) is 5.75 Å². The second-order valence-corrected chi connectivity index (χ2v) is 10.5. The molecule has 1 unspecified atom stereocenters. The van der Waals surface area contributed by atoms with Gasteiger partial charge < -0.3 is 9.84 Å². The molecule has 2 heterocycles. The smallest absolute Gasteiger partial charge is 0.261 e. The highest BCUT2D eigenvalue weighted by Gasteiger charge is 2.76. The van der Waals surface area contributed by atoms with Crippen LogP contribution in [0.2, 0.25) is 0 Å². The number of hydrogen-bond acceptors (Lipinski definition) is 5. The van der Waals surface area contributed by atoms with Gasteiger partial charge in [0.25, 0.3) is 5.79 Å². The zero-order chi connectivity index (χ0) is 19.1. The van der Waals surface area contributed by atoms with E-state index in [1.807, 2.05) is 12.1 Å². The maximum Gasteiger partial charge on any atom is 0.261 e. The Morgan fingerprint density at radius 1 is 1.00 bits per heavy atom. The van der Waals surface area contributed by atoms with Gasteiger partial charge in [-0.2, -0.15) is 4.89 Å². The number of hydrogen-bond donors (Lipinski definition) is 1. The summed E-state index contributed by atoms with van der Waals surface area (Å²) in [5.74, 6) is 1.85. The maximum atomic E-state index is 10.4. The molecule has 0 radical (unpaired) electrons. The number of rotatable bonds is 3. The molecule has 4 bridgehead atoms. The molecule has 1 N–H and O–H groups in total. The van der Waals surface area contributed by atoms with Gasteiger partial charge in [-0.25, -0.2) is 4.89 Å². The second kappa shape index (κ2) is 5.82. The van der Waals surface area contributed by atoms with Crippen molar-refractivity contribution in [2.24, 2.45) is 23.7 Å². The average molecular weight is 399 g/mol. The van der Waals surface area contributed by atoms with Gasteiger partial charge >= 0.3 is 0 Å². The lowest BCUT2D eigenvalue weighted by Gasteiger charge is -2.68. The van der Waals surface area contributed by atoms with Crippen molar-refractivity contribution in [3.8, 4) is 16.2 Å². The summed E-state index contributed by atoms with van der Waals surface area (Å²) >= 11 is 1.75. The molecule has 0 amide bonds. The number of phenols is 1. The van der Waals surface area contributed by atoms with Gasteiger partial charge in [0.2, 0.25) is 0 Å². The Balaban J connectivity index is 1.53. The summed E-state index contributed by atoms with van der Waals surface area (Å²) in [7, 11) is 1.73. The van der Waals surface area contributed by atoms with E-state index in [-0.39, 0.29) is 5.75 Å². The standard InChI is InChI=1S/C23H26O4S/c1-13-3-6-21(28-13)19-5-4-18(24)12-20(19)23(25-2)22(26-27-23)16-8-14-7-15(10-16)11-17(22)9-14/h3-6,12,14-17,24H,7-11H2,1-2H3. The summed E-state index contributed by atoms with van der Waals surface area (Å²) in [4.78, 5) is 14.4. The Kier molecular flexibility index (Phi) is 3.63. The largest absolute Gasteiger partial charge is 0.508 e. The van der Waals surface area contributed by atoms with Crippen LogP contribution < -0.4 is 0 Å². The van der Waals surface area contributed by atoms with E-state index in [0.717, 1.165) is 23.0 Å². The molecular formula is C23H26O4S. The highest BCUT2D eigenvalue weighted by Crippen LogP contribution is 2.70. The fourth-order valence-corrected chi connectivity index (χ4v) is 7.84. The van der Waals surface area contributed by atoms with E-state index in [4.69, 9.17) is 14.5 Å². The molecule has 5 heteroatoms. The summed E-state index contributed by atoms with van der Waals surface area (Å²) in [6.45, 7) is 2.11. The van der Waals surface area contributed by atoms with Crippen molar-refractivity contribution in [1.29, 1.82) is 0 Å². The number of methoxy groups -OCH3 is 1. The molecule has 1 aromatic heterocycles. The molecule has 4 saturated carbocycles. The zero-order valence-electron chi connectivity index (χ0n) is 16.3. The Bertz CT molecular complexity index is 902. The fraction of sp³-hybridized carbons (Fsp3) is 0.565. The molecule has 4 aliphatic carbocycles. The molecule has 1 saturated heterocycles. The first-order chi connectivity index (χ1) is 13.6. The van der Waals surface area contributed by atoms with Crippen molar-refractivity contribution in [2.75, 3.05) is 7.11 Å². The van der Waals surface area contributed by atoms with Crippen molar-refractivity contribution in [3.63, 3.8) is 0 Å². The van der Waals surface area contributed by atoms with Crippen molar-refractivity contribution in [3.05, 3.63) is 40.8 Å². The third-order valence-electron chi connectivity index (χ3n) is 7.81. The predicted octanol–water partition coefficient (Wildman–Crippen LogP) is 5.39. The average Bonchev–Trinajstić information content (AvgIpc) is 3.07. The van der Waals surface area contributed by atoms with Gasteiger partial charge in [-0.15, -0.1) is 11.3 Å². The minimum absolute atomic E-state index is 0.234. The van der Waals surface area contributed by atoms with E-state index in [0.29, 0.717) is 11.8 Å². The summed E-state index contributed by atoms with van der Waals surface area (Å²) in [6.07, 6.45) is 6.19. The van der Waals surface area contributed by atoms with Gasteiger partial charge in [-0.3, -0.25) is 0 Å². The lowest BCUT2D eigenvalue weighted by molar-refractivity contribution is -0.645. The van der Waals surface area contributed by atoms with Crippen LogP contribution in [0.3, 0.4) is 0 Å². The van der Waals surface area contributed by atoms with E-state index in [2.05, 4.69) is 19.1 Å². The number of phenolic OH excluding ortho intramolecular Hbond substituents is 1. The minimum atomic E-state index is -0.957. The van der Waals surface area contributed by atoms with Crippen LogP contribution in [0.1, 0.15) is 42.5 Å². The van der Waals surface area contributed by atoms with Crippen molar-refractivity contribution in [1.82, 2.24) is 0 Å². The number of benzene rings is 1. The van der Waals surface area contributed by atoms with Gasteiger partial charge in [-0.1, -0.05) is 0 Å². The highest BCUT2D eigenvalue weighted by atomic mass is 32.1. The van der Waals surface area contributed by atoms with Crippen LogP contribution in [-0.2, 0) is 20.3 Å². The fourth-order valence-electron chi connectivity index (χ4n) is 6.93. The monoisotopic (exact) mass is 398 g/mol. The summed E-state index contributed by atoms with van der Waals surface area (Å²) in [6, 6.07) is 9.83. The summed E-state index contributed by atoms with van der Waals surface area (Å²) in [5.41, 5.74) is 1.52. The first kappa shape index (κ1) is 17.5. The second-order valence-electron chi connectivity index (χ2n) is 9.23. The molecule has 1 spiro atoms. The topological polar surface area (TPSA) is 47.9 Å². The van der Waals surface area contributed by atoms with E-state index >= 15 is 0 Å². The Labute approximate surface area is 169 Å². The van der Waals surface area contributed by atoms with Crippen LogP contribution in [0, 0.1) is 30.6 Å². The van der Waals surface area contributed by atoms with Crippen LogP contribution in [0.25, 0.3) is 10.4 Å². The van der Waals surface area contributed by atoms with Crippen molar-refractivity contribution in [2.45, 2.75) is 50.4 Å². The quantitative estimate of drug-likeness (QED) is 0.705. The lowest BCUT2D eigenvalue weighted by atomic mass is 9.47. The molecule has 28 heavy (non-hydrogen) atoms. The van der Waals surface area contributed by atoms with E-state index in [9.17, 15) is 5.11 Å². The van der Waals surface area contributed by atoms with Crippen molar-refractivity contribution < 1.29 is 19.6 Å². The van der Waals surface area contributed by atoms with E-state index in [1.54, 1.807) is 24.5 Å². The zero-order valence-corrected chi connectivity index (χ0v) is 17.1. The summed E-state index contributed by atoms with van der Waals surface area (Å²) in [5, 5.41) is 10.4. The number of aryl methyl sites for hydroxylation is 1. The molecule has 1 aromatic carbocycles. The molecule has 1 aliphatic heterocycles. The third-order valence-corrected chi connectivity index (χ3v) is 8.85. The molecule has 148 valence electrons. The highest BCUT2D eigenvalue weighted by molar-refractivity contribution is 7.15. The lowest BCUT2D eigenvalue weighted by Crippen LogP contribution is -2.76. The number of thiophene rings is 1. The summed E-state index contributed by atoms with van der Waals surface area (Å²) < 4.78 is 6.21. The molecule has 1 atom stereocenters. The van der Waals surface area contributed by atoms with Gasteiger partial charge in [0.15, 0.2) is 5.60 Å². The first-order valence-corrected chi connectivity index (χ1v) is 11.2. The van der Waals surface area contributed by atoms with E-state index in [1.165, 1.54) is 41.9 Å². The van der Waals surface area contributed by atoms with Crippen LogP contribution in [-0.4, -0.2) is 17.8 Å². The molecule has 7 rings (SSSR count). The SMILES string of the molecule is COC1(c2cc(O)ccc2-c2ccc(C)s2)OOC12C1CC3CC(C1)CC2C3. The third kappa shape index (κ3) is 2.06. The van der Waals surface area contributed by atoms with Crippen LogP contribution in [0.5, 0.6) is 5.75 Å². The number of ether oxygens (including phenoxy) is 1. The van der Waals surface area contributed by atoms with Crippen LogP contribution in [0.15, 0.2) is 30.3 Å². The molecule has 2 aromatic rings. The van der Waals surface area contributed by atoms with Gasteiger partial charge in [0.05, 0.1) is 0 Å². The molecular weight excluding hydrogens is 372 g/mol. The van der Waals surface area contributed by atoms with E-state index < -0.39 is 11.4 Å². The van der Waals surface area contributed by atoms with Crippen LogP contribution in [0.4, 0.5) is 0 Å². The predicted molar refractivity (Wildman–Crippen MR) is 107 cm³/mol. The van der Waals surface area contributed by atoms with Gasteiger partial charge in [0, 0.05) is 28.0 Å². The van der Waals surface area contributed by atoms with Crippen LogP contribution >= 0.6 is 11.3 Å². The van der Waals surface area contributed by atoms with Crippen molar-refractivity contribution >= 4 is 11.3 Å². The normalized spacial score (nSPS) is 40.8. The molecule has 4 nitrogen and oxygen atoms in total. The Hall–Kier alpha value is -1.40. The number of aromatic hydroxyl groups is 1. The molecule has 5 fully saturated rings. The maximum absolute atomic E-state index is 10.4.